The van der Waals surface area contributed by atoms with Crippen LogP contribution in [0.3, 0.4) is 0 Å². The molecule has 0 aliphatic carbocycles. The molecule has 1 N–H and O–H groups in total. The molecule has 1 fully saturated rings. The van der Waals surface area contributed by atoms with E-state index in [9.17, 15) is 4.21 Å². The predicted molar refractivity (Wildman–Crippen MR) is 85.0 cm³/mol. The second-order valence-corrected chi connectivity index (χ2v) is 5.84. The molecule has 1 saturated heterocycles. The lowest BCUT2D eigenvalue weighted by Gasteiger charge is -2.34. The minimum atomic E-state index is -1.76. The molecule has 1 aliphatic heterocycles. The zero-order valence-electron chi connectivity index (χ0n) is 12.6. The molecular formula is C13H23N5O2S. The van der Waals surface area contributed by atoms with Gasteiger partial charge >= 0.3 is 0 Å². The van der Waals surface area contributed by atoms with Gasteiger partial charge in [0.2, 0.25) is 5.95 Å². The van der Waals surface area contributed by atoms with Crippen molar-refractivity contribution >= 4 is 22.8 Å². The maximum Gasteiger partial charge on any atom is 0.227 e. The highest BCUT2D eigenvalue weighted by Crippen LogP contribution is 2.16. The molecule has 1 aromatic heterocycles. The summed E-state index contributed by atoms with van der Waals surface area (Å²) < 4.78 is 19.8. The van der Waals surface area contributed by atoms with Gasteiger partial charge in [-0.25, -0.2) is 9.19 Å². The average molecular weight is 313 g/mol. The molecular weight excluding hydrogens is 290 g/mol. The van der Waals surface area contributed by atoms with Crippen molar-refractivity contribution in [1.29, 1.82) is 0 Å². The number of nitrogens with zero attached hydrogens (tertiary/aromatic N) is 5. The van der Waals surface area contributed by atoms with Crippen molar-refractivity contribution in [3.8, 4) is 0 Å². The van der Waals surface area contributed by atoms with E-state index in [1.165, 1.54) is 0 Å². The van der Waals surface area contributed by atoms with Gasteiger partial charge in [0, 0.05) is 45.5 Å². The highest BCUT2D eigenvalue weighted by Gasteiger charge is 2.20. The maximum atomic E-state index is 10.8. The van der Waals surface area contributed by atoms with Crippen molar-refractivity contribution in [2.24, 2.45) is 0 Å². The standard InChI is InChI=1S/C13H23N5O2S/c1-3-17(4-2)12-5-6-14-13(15-12)18-9-7-16(8-10-18)11-21(19)20/h5-6H,3-4,7-11H2,1-2H3,(H,19,20). The van der Waals surface area contributed by atoms with E-state index in [0.717, 1.165) is 51.0 Å². The fourth-order valence-electron chi connectivity index (χ4n) is 2.45. The van der Waals surface area contributed by atoms with Crippen molar-refractivity contribution < 1.29 is 8.76 Å². The first-order chi connectivity index (χ1) is 10.1. The molecule has 1 atom stereocenters. The number of piperazine rings is 1. The summed E-state index contributed by atoms with van der Waals surface area (Å²) in [6.07, 6.45) is 1.80. The molecule has 0 saturated carbocycles. The Balaban J connectivity index is 2.00. The fraction of sp³-hybridized carbons (Fsp3) is 0.692. The van der Waals surface area contributed by atoms with E-state index in [1.807, 2.05) is 11.0 Å². The summed E-state index contributed by atoms with van der Waals surface area (Å²) in [7, 11) is 0. The third kappa shape index (κ3) is 4.36. The molecule has 118 valence electrons. The molecule has 0 bridgehead atoms. The van der Waals surface area contributed by atoms with Gasteiger partial charge in [0.05, 0.1) is 0 Å². The third-order valence-electron chi connectivity index (χ3n) is 3.66. The van der Waals surface area contributed by atoms with Gasteiger partial charge in [-0.05, 0) is 19.9 Å². The van der Waals surface area contributed by atoms with E-state index in [1.54, 1.807) is 6.20 Å². The van der Waals surface area contributed by atoms with Crippen LogP contribution < -0.4 is 9.80 Å². The molecule has 0 radical (unpaired) electrons. The molecule has 0 aromatic carbocycles. The molecule has 1 unspecified atom stereocenters. The van der Waals surface area contributed by atoms with Gasteiger partial charge in [-0.2, -0.15) is 4.98 Å². The van der Waals surface area contributed by atoms with Crippen LogP contribution in [0.5, 0.6) is 0 Å². The Kier molecular flexibility index (Phi) is 5.89. The molecule has 0 amide bonds. The van der Waals surface area contributed by atoms with Crippen LogP contribution in [-0.2, 0) is 11.1 Å². The second kappa shape index (κ2) is 7.67. The molecule has 7 nitrogen and oxygen atoms in total. The topological polar surface area (TPSA) is 72.8 Å². The maximum absolute atomic E-state index is 10.8. The molecule has 0 spiro atoms. The minimum Gasteiger partial charge on any atom is -0.357 e. The van der Waals surface area contributed by atoms with Gasteiger partial charge in [-0.1, -0.05) is 0 Å². The van der Waals surface area contributed by atoms with Crippen molar-refractivity contribution in [2.45, 2.75) is 13.8 Å². The van der Waals surface area contributed by atoms with Crippen molar-refractivity contribution in [3.05, 3.63) is 12.3 Å². The second-order valence-electron chi connectivity index (χ2n) is 4.94. The summed E-state index contributed by atoms with van der Waals surface area (Å²) in [5, 5.41) is 0. The Labute approximate surface area is 128 Å². The molecule has 21 heavy (non-hydrogen) atoms. The van der Waals surface area contributed by atoms with Crippen molar-refractivity contribution in [2.75, 3.05) is 54.9 Å². The Morgan fingerprint density at radius 3 is 2.52 bits per heavy atom. The van der Waals surface area contributed by atoms with E-state index in [2.05, 4.69) is 33.6 Å². The lowest BCUT2D eigenvalue weighted by atomic mass is 10.3. The zero-order valence-corrected chi connectivity index (χ0v) is 13.4. The summed E-state index contributed by atoms with van der Waals surface area (Å²) in [6, 6.07) is 1.93. The summed E-state index contributed by atoms with van der Waals surface area (Å²) in [5.41, 5.74) is 0. The van der Waals surface area contributed by atoms with Crippen LogP contribution >= 0.6 is 0 Å². The lowest BCUT2D eigenvalue weighted by molar-refractivity contribution is 0.291. The number of aromatic nitrogens is 2. The first-order valence-electron chi connectivity index (χ1n) is 7.26. The van der Waals surface area contributed by atoms with Crippen LogP contribution in [0.2, 0.25) is 0 Å². The number of anilines is 2. The molecule has 2 rings (SSSR count). The smallest absolute Gasteiger partial charge is 0.227 e. The van der Waals surface area contributed by atoms with Crippen LogP contribution in [0.1, 0.15) is 13.8 Å². The van der Waals surface area contributed by atoms with E-state index in [0.29, 0.717) is 0 Å². The third-order valence-corrected chi connectivity index (χ3v) is 4.25. The normalized spacial score (nSPS) is 17.8. The Bertz CT molecular complexity index is 475. The van der Waals surface area contributed by atoms with Crippen LogP contribution in [0, 0.1) is 0 Å². The summed E-state index contributed by atoms with van der Waals surface area (Å²) in [5.74, 6) is 1.90. The highest BCUT2D eigenvalue weighted by molar-refractivity contribution is 7.79. The first kappa shape index (κ1) is 16.1. The SMILES string of the molecule is CCN(CC)c1ccnc(N2CCN(CS(=O)O)CC2)n1. The van der Waals surface area contributed by atoms with Crippen LogP contribution in [0.15, 0.2) is 12.3 Å². The lowest BCUT2D eigenvalue weighted by Crippen LogP contribution is -2.47. The summed E-state index contributed by atoms with van der Waals surface area (Å²) in [4.78, 5) is 15.3. The molecule has 8 heteroatoms. The van der Waals surface area contributed by atoms with Crippen LogP contribution in [0.25, 0.3) is 0 Å². The Morgan fingerprint density at radius 2 is 1.95 bits per heavy atom. The Morgan fingerprint density at radius 1 is 1.29 bits per heavy atom. The molecule has 1 aliphatic rings. The van der Waals surface area contributed by atoms with Gasteiger partial charge in [0.15, 0.2) is 11.1 Å². The molecule has 1 aromatic rings. The number of rotatable bonds is 6. The average Bonchev–Trinajstić information content (AvgIpc) is 2.49. The van der Waals surface area contributed by atoms with Crippen LogP contribution in [0.4, 0.5) is 11.8 Å². The monoisotopic (exact) mass is 313 g/mol. The Hall–Kier alpha value is -1.25. The number of hydrogen-bond acceptors (Lipinski definition) is 6. The van der Waals surface area contributed by atoms with Crippen LogP contribution in [-0.4, -0.2) is 68.8 Å². The zero-order chi connectivity index (χ0) is 15.2. The predicted octanol–water partition coefficient (Wildman–Crippen LogP) is 0.624. The highest BCUT2D eigenvalue weighted by atomic mass is 32.2. The largest absolute Gasteiger partial charge is 0.357 e. The van der Waals surface area contributed by atoms with Gasteiger partial charge in [0.1, 0.15) is 11.7 Å². The van der Waals surface area contributed by atoms with E-state index >= 15 is 0 Å². The first-order valence-corrected chi connectivity index (χ1v) is 8.54. The van der Waals surface area contributed by atoms with Gasteiger partial charge in [-0.15, -0.1) is 0 Å². The summed E-state index contributed by atoms with van der Waals surface area (Å²) >= 11 is -1.76. The van der Waals surface area contributed by atoms with Gasteiger partial charge in [-0.3, -0.25) is 4.90 Å². The van der Waals surface area contributed by atoms with Gasteiger partial charge < -0.3 is 14.4 Å². The quantitative estimate of drug-likeness (QED) is 0.772. The van der Waals surface area contributed by atoms with Gasteiger partial charge in [0.25, 0.3) is 0 Å². The van der Waals surface area contributed by atoms with Crippen molar-refractivity contribution in [3.63, 3.8) is 0 Å². The van der Waals surface area contributed by atoms with E-state index in [-0.39, 0.29) is 5.88 Å². The van der Waals surface area contributed by atoms with E-state index in [4.69, 9.17) is 4.55 Å². The number of hydrogen-bond donors (Lipinski definition) is 1. The minimum absolute atomic E-state index is 0.216. The van der Waals surface area contributed by atoms with Crippen molar-refractivity contribution in [1.82, 2.24) is 14.9 Å². The van der Waals surface area contributed by atoms with E-state index < -0.39 is 11.1 Å². The summed E-state index contributed by atoms with van der Waals surface area (Å²) in [6.45, 7) is 9.12. The fourth-order valence-corrected chi connectivity index (χ4v) is 3.02. The molecule has 2 heterocycles.